The lowest BCUT2D eigenvalue weighted by molar-refractivity contribution is -0.140. The summed E-state index contributed by atoms with van der Waals surface area (Å²) in [5.74, 6) is 1.63. The van der Waals surface area contributed by atoms with E-state index in [1.54, 1.807) is 0 Å². The van der Waals surface area contributed by atoms with Crippen molar-refractivity contribution < 1.29 is 14.3 Å². The molecule has 1 amide bonds. The number of nitrogens with zero attached hydrogens (tertiary/aromatic N) is 1. The summed E-state index contributed by atoms with van der Waals surface area (Å²) in [7, 11) is 0. The summed E-state index contributed by atoms with van der Waals surface area (Å²) in [6, 6.07) is 7.70. The molecule has 1 aromatic rings. The van der Waals surface area contributed by atoms with Gasteiger partial charge in [-0.1, -0.05) is 13.8 Å². The summed E-state index contributed by atoms with van der Waals surface area (Å²) < 4.78 is 11.9. The highest BCUT2D eigenvalue weighted by Crippen LogP contribution is 2.34. The lowest BCUT2D eigenvalue weighted by atomic mass is 10.0. The Morgan fingerprint density at radius 1 is 1.18 bits per heavy atom. The molecule has 1 aliphatic carbocycles. The van der Waals surface area contributed by atoms with Crippen LogP contribution >= 0.6 is 0 Å². The molecular weight excluding hydrogens is 352 g/mol. The van der Waals surface area contributed by atoms with Crippen molar-refractivity contribution in [2.75, 3.05) is 38.2 Å². The average molecular weight is 389 g/mol. The molecule has 5 heteroatoms. The lowest BCUT2D eigenvalue weighted by Gasteiger charge is -2.30. The van der Waals surface area contributed by atoms with Crippen LogP contribution in [0.15, 0.2) is 24.3 Å². The number of rotatable bonds is 9. The number of anilines is 1. The van der Waals surface area contributed by atoms with Crippen molar-refractivity contribution >= 4 is 11.6 Å². The number of amides is 1. The van der Waals surface area contributed by atoms with Gasteiger partial charge in [-0.2, -0.15) is 0 Å². The van der Waals surface area contributed by atoms with E-state index in [0.717, 1.165) is 56.0 Å². The van der Waals surface area contributed by atoms with Gasteiger partial charge in [-0.25, -0.2) is 0 Å². The minimum Gasteiger partial charge on any atom is -0.492 e. The summed E-state index contributed by atoms with van der Waals surface area (Å²) in [4.78, 5) is 15.3. The maximum absolute atomic E-state index is 12.8. The predicted octanol–water partition coefficient (Wildman–Crippen LogP) is 4.48. The molecule has 1 aliphatic heterocycles. The third-order valence-electron chi connectivity index (χ3n) is 5.94. The van der Waals surface area contributed by atoms with E-state index < -0.39 is 5.60 Å². The Kier molecular flexibility index (Phi) is 7.74. The van der Waals surface area contributed by atoms with Crippen LogP contribution < -0.4 is 10.1 Å². The summed E-state index contributed by atoms with van der Waals surface area (Å²) in [5, 5.41) is 3.05. The number of ether oxygens (including phenoxy) is 2. The van der Waals surface area contributed by atoms with Gasteiger partial charge in [0.1, 0.15) is 18.0 Å². The molecule has 1 saturated heterocycles. The molecule has 0 unspecified atom stereocenters. The van der Waals surface area contributed by atoms with Crippen LogP contribution in [0.1, 0.15) is 58.8 Å². The van der Waals surface area contributed by atoms with Crippen LogP contribution in [0.2, 0.25) is 0 Å². The number of benzene rings is 1. The zero-order valence-electron chi connectivity index (χ0n) is 17.5. The topological polar surface area (TPSA) is 50.8 Å². The van der Waals surface area contributed by atoms with Crippen LogP contribution in [0, 0.1) is 5.92 Å². The number of likely N-dealkylation sites (tertiary alicyclic amines) is 1. The quantitative estimate of drug-likeness (QED) is 0.678. The number of carbonyl (C=O) groups is 1. The summed E-state index contributed by atoms with van der Waals surface area (Å²) in [6.07, 6.45) is 7.30. The Bertz CT molecular complexity index is 611. The Labute approximate surface area is 169 Å². The van der Waals surface area contributed by atoms with E-state index >= 15 is 0 Å². The van der Waals surface area contributed by atoms with E-state index in [1.807, 2.05) is 24.3 Å². The normalized spacial score (nSPS) is 22.1. The van der Waals surface area contributed by atoms with Crippen molar-refractivity contribution in [2.24, 2.45) is 5.92 Å². The van der Waals surface area contributed by atoms with Crippen LogP contribution in [0.3, 0.4) is 0 Å². The first-order valence-electron chi connectivity index (χ1n) is 11.0. The lowest BCUT2D eigenvalue weighted by Crippen LogP contribution is -2.43. The molecule has 1 atom stereocenters. The van der Waals surface area contributed by atoms with Crippen LogP contribution in [0.4, 0.5) is 5.69 Å². The Hall–Kier alpha value is -1.59. The first-order valence-corrected chi connectivity index (χ1v) is 11.0. The molecule has 1 saturated carbocycles. The van der Waals surface area contributed by atoms with Crippen molar-refractivity contribution in [1.82, 2.24) is 4.90 Å². The molecule has 0 aromatic heterocycles. The molecule has 156 valence electrons. The highest BCUT2D eigenvalue weighted by molar-refractivity contribution is 5.97. The van der Waals surface area contributed by atoms with Crippen LogP contribution in [0.5, 0.6) is 5.75 Å². The van der Waals surface area contributed by atoms with Gasteiger partial charge in [-0.05, 0) is 81.7 Å². The monoisotopic (exact) mass is 388 g/mol. The third-order valence-corrected chi connectivity index (χ3v) is 5.94. The predicted molar refractivity (Wildman–Crippen MR) is 113 cm³/mol. The van der Waals surface area contributed by atoms with Gasteiger partial charge in [0.25, 0.3) is 5.91 Å². The minimum absolute atomic E-state index is 0.00802. The van der Waals surface area contributed by atoms with Gasteiger partial charge in [0, 0.05) is 25.4 Å². The molecule has 0 spiro atoms. The van der Waals surface area contributed by atoms with Crippen molar-refractivity contribution in [3.05, 3.63) is 24.3 Å². The van der Waals surface area contributed by atoms with Crippen molar-refractivity contribution in [3.63, 3.8) is 0 Å². The number of nitrogens with one attached hydrogen (secondary N) is 1. The molecule has 0 radical (unpaired) electrons. The summed E-state index contributed by atoms with van der Waals surface area (Å²) in [6.45, 7) is 9.06. The zero-order chi connectivity index (χ0) is 19.8. The molecule has 0 bridgehead atoms. The van der Waals surface area contributed by atoms with Gasteiger partial charge in [0.05, 0.1) is 0 Å². The van der Waals surface area contributed by atoms with E-state index in [2.05, 4.69) is 24.1 Å². The fraction of sp³-hybridized carbons (Fsp3) is 0.696. The smallest absolute Gasteiger partial charge is 0.256 e. The molecule has 28 heavy (non-hydrogen) atoms. The van der Waals surface area contributed by atoms with Gasteiger partial charge in [0.15, 0.2) is 0 Å². The molecule has 3 rings (SSSR count). The highest BCUT2D eigenvalue weighted by atomic mass is 16.5. The second kappa shape index (κ2) is 10.3. The minimum atomic E-state index is -0.642. The molecule has 2 aliphatic rings. The largest absolute Gasteiger partial charge is 0.492 e. The zero-order valence-corrected chi connectivity index (χ0v) is 17.5. The molecule has 5 nitrogen and oxygen atoms in total. The summed E-state index contributed by atoms with van der Waals surface area (Å²) >= 11 is 0. The maximum atomic E-state index is 12.8. The van der Waals surface area contributed by atoms with E-state index in [9.17, 15) is 4.79 Å². The second-order valence-electron chi connectivity index (χ2n) is 8.42. The fourth-order valence-electron chi connectivity index (χ4n) is 4.34. The Balaban J connectivity index is 1.46. The third kappa shape index (κ3) is 5.71. The van der Waals surface area contributed by atoms with E-state index in [-0.39, 0.29) is 5.91 Å². The first-order chi connectivity index (χ1) is 13.6. The molecule has 1 aromatic carbocycles. The SMILES string of the molecule is CCCOC1(C(=O)Nc2ccc(OCCN3CCC[C@@H](C)C3)cc2)CCCC1. The van der Waals surface area contributed by atoms with E-state index in [1.165, 1.54) is 25.9 Å². The molecule has 1 heterocycles. The Morgan fingerprint density at radius 3 is 2.61 bits per heavy atom. The number of hydrogen-bond acceptors (Lipinski definition) is 4. The summed E-state index contributed by atoms with van der Waals surface area (Å²) in [5.41, 5.74) is 0.158. The van der Waals surface area contributed by atoms with E-state index in [4.69, 9.17) is 9.47 Å². The molecule has 2 fully saturated rings. The second-order valence-corrected chi connectivity index (χ2v) is 8.42. The molecule has 1 N–H and O–H groups in total. The van der Waals surface area contributed by atoms with Crippen molar-refractivity contribution in [1.29, 1.82) is 0 Å². The van der Waals surface area contributed by atoms with Crippen LogP contribution in [0.25, 0.3) is 0 Å². The van der Waals surface area contributed by atoms with Gasteiger partial charge in [0.2, 0.25) is 0 Å². The van der Waals surface area contributed by atoms with Gasteiger partial charge >= 0.3 is 0 Å². The van der Waals surface area contributed by atoms with Crippen LogP contribution in [-0.2, 0) is 9.53 Å². The van der Waals surface area contributed by atoms with E-state index in [0.29, 0.717) is 13.2 Å². The first kappa shape index (κ1) is 21.1. The average Bonchev–Trinajstić information content (AvgIpc) is 3.18. The van der Waals surface area contributed by atoms with Gasteiger partial charge in [-0.3, -0.25) is 9.69 Å². The maximum Gasteiger partial charge on any atom is 0.256 e. The van der Waals surface area contributed by atoms with Crippen molar-refractivity contribution in [3.8, 4) is 5.75 Å². The Morgan fingerprint density at radius 2 is 1.93 bits per heavy atom. The van der Waals surface area contributed by atoms with Crippen LogP contribution in [-0.4, -0.2) is 49.3 Å². The number of piperidine rings is 1. The highest BCUT2D eigenvalue weighted by Gasteiger charge is 2.42. The number of carbonyl (C=O) groups excluding carboxylic acids is 1. The van der Waals surface area contributed by atoms with Gasteiger partial charge < -0.3 is 14.8 Å². The van der Waals surface area contributed by atoms with Crippen molar-refractivity contribution in [2.45, 2.75) is 64.4 Å². The van der Waals surface area contributed by atoms with Gasteiger partial charge in [-0.15, -0.1) is 0 Å². The standard InChI is InChI=1S/C23H36N2O3/c1-3-16-28-23(12-4-5-13-23)22(26)24-20-8-10-21(11-9-20)27-17-15-25-14-6-7-19(2)18-25/h8-11,19H,3-7,12-18H2,1-2H3,(H,24,26)/t19-/m1/s1. The molecular formula is C23H36N2O3. The fourth-order valence-corrected chi connectivity index (χ4v) is 4.34. The number of hydrogen-bond donors (Lipinski definition) is 1.